The molecule has 1 aliphatic rings. The van der Waals surface area contributed by atoms with E-state index in [1.807, 2.05) is 12.1 Å². The van der Waals surface area contributed by atoms with Crippen molar-refractivity contribution in [3.8, 4) is 28.6 Å². The summed E-state index contributed by atoms with van der Waals surface area (Å²) in [5, 5.41) is 0.555. The minimum atomic E-state index is -0.0894. The smallest absolute Gasteiger partial charge is 0.231 e. The Hall–Kier alpha value is -2.95. The molecule has 5 heteroatoms. The van der Waals surface area contributed by atoms with Crippen molar-refractivity contribution in [3.05, 3.63) is 52.7 Å². The van der Waals surface area contributed by atoms with Crippen LogP contribution in [0, 0.1) is 0 Å². The van der Waals surface area contributed by atoms with E-state index in [0.29, 0.717) is 39.5 Å². The number of rotatable bonds is 2. The monoisotopic (exact) mass is 296 g/mol. The van der Waals surface area contributed by atoms with Gasteiger partial charge in [0.2, 0.25) is 12.5 Å². The number of hydrogen-bond donors (Lipinski definition) is 0. The second-order valence-corrected chi connectivity index (χ2v) is 4.88. The van der Waals surface area contributed by atoms with Gasteiger partial charge >= 0.3 is 0 Å². The SMILES string of the molecule is COc1cc(-c2cc(=O)c3ccccc3o2)cc2c1OCO2. The normalized spacial score (nSPS) is 12.6. The molecule has 1 aromatic heterocycles. The molecule has 4 rings (SSSR count). The summed E-state index contributed by atoms with van der Waals surface area (Å²) in [5.74, 6) is 2.14. The van der Waals surface area contributed by atoms with Crippen molar-refractivity contribution in [3.63, 3.8) is 0 Å². The molecule has 0 fully saturated rings. The van der Waals surface area contributed by atoms with Crippen LogP contribution < -0.4 is 19.6 Å². The predicted octanol–water partition coefficient (Wildman–Crippen LogP) is 3.20. The predicted molar refractivity (Wildman–Crippen MR) is 80.6 cm³/mol. The van der Waals surface area contributed by atoms with Crippen LogP contribution in [0.3, 0.4) is 0 Å². The Balaban J connectivity index is 1.94. The van der Waals surface area contributed by atoms with Crippen molar-refractivity contribution < 1.29 is 18.6 Å². The van der Waals surface area contributed by atoms with Gasteiger partial charge in [-0.25, -0.2) is 0 Å². The first-order valence-corrected chi connectivity index (χ1v) is 6.77. The molecule has 0 spiro atoms. The molecule has 0 bridgehead atoms. The van der Waals surface area contributed by atoms with E-state index in [0.717, 1.165) is 0 Å². The van der Waals surface area contributed by atoms with Gasteiger partial charge < -0.3 is 18.6 Å². The molecule has 0 unspecified atom stereocenters. The molecule has 0 saturated heterocycles. The van der Waals surface area contributed by atoms with Gasteiger partial charge in [0.25, 0.3) is 0 Å². The van der Waals surface area contributed by atoms with Crippen LogP contribution in [-0.4, -0.2) is 13.9 Å². The Kier molecular flexibility index (Phi) is 2.79. The van der Waals surface area contributed by atoms with Crippen LogP contribution in [0.5, 0.6) is 17.2 Å². The van der Waals surface area contributed by atoms with E-state index in [9.17, 15) is 4.79 Å². The van der Waals surface area contributed by atoms with Gasteiger partial charge in [-0.05, 0) is 24.3 Å². The lowest BCUT2D eigenvalue weighted by atomic mass is 10.1. The summed E-state index contributed by atoms with van der Waals surface area (Å²) in [5.41, 5.74) is 1.15. The second kappa shape index (κ2) is 4.80. The van der Waals surface area contributed by atoms with Crippen molar-refractivity contribution >= 4 is 11.0 Å². The van der Waals surface area contributed by atoms with E-state index < -0.39 is 0 Å². The number of para-hydroxylation sites is 1. The zero-order valence-corrected chi connectivity index (χ0v) is 11.8. The van der Waals surface area contributed by atoms with Crippen LogP contribution in [-0.2, 0) is 0 Å². The summed E-state index contributed by atoms with van der Waals surface area (Å²) in [6.07, 6.45) is 0. The van der Waals surface area contributed by atoms with Crippen LogP contribution in [0.15, 0.2) is 51.7 Å². The molecule has 2 heterocycles. The molecule has 1 aliphatic heterocycles. The minimum absolute atomic E-state index is 0.0894. The van der Waals surface area contributed by atoms with Gasteiger partial charge in [0.15, 0.2) is 16.9 Å². The van der Waals surface area contributed by atoms with Gasteiger partial charge in [0.1, 0.15) is 11.3 Å². The maximum absolute atomic E-state index is 12.2. The van der Waals surface area contributed by atoms with Crippen molar-refractivity contribution in [2.45, 2.75) is 0 Å². The van der Waals surface area contributed by atoms with Crippen molar-refractivity contribution in [2.24, 2.45) is 0 Å². The van der Waals surface area contributed by atoms with Gasteiger partial charge in [-0.1, -0.05) is 12.1 Å². The Morgan fingerprint density at radius 1 is 1.09 bits per heavy atom. The van der Waals surface area contributed by atoms with Crippen LogP contribution in [0.1, 0.15) is 0 Å². The fraction of sp³-hybridized carbons (Fsp3) is 0.118. The number of fused-ring (bicyclic) bond motifs is 2. The summed E-state index contributed by atoms with van der Waals surface area (Å²) in [6, 6.07) is 12.2. The number of hydrogen-bond acceptors (Lipinski definition) is 5. The summed E-state index contributed by atoms with van der Waals surface area (Å²) in [4.78, 5) is 12.2. The van der Waals surface area contributed by atoms with E-state index in [1.165, 1.54) is 6.07 Å². The molecule has 5 nitrogen and oxygen atoms in total. The Morgan fingerprint density at radius 3 is 2.82 bits per heavy atom. The zero-order valence-electron chi connectivity index (χ0n) is 11.8. The lowest BCUT2D eigenvalue weighted by Crippen LogP contribution is -2.00. The summed E-state index contributed by atoms with van der Waals surface area (Å²) >= 11 is 0. The average Bonchev–Trinajstić information content (AvgIpc) is 3.02. The highest BCUT2D eigenvalue weighted by Crippen LogP contribution is 2.44. The van der Waals surface area contributed by atoms with E-state index in [-0.39, 0.29) is 12.2 Å². The van der Waals surface area contributed by atoms with Gasteiger partial charge in [-0.3, -0.25) is 4.79 Å². The lowest BCUT2D eigenvalue weighted by molar-refractivity contribution is 0.171. The molecule has 0 aliphatic carbocycles. The number of methoxy groups -OCH3 is 1. The fourth-order valence-electron chi connectivity index (χ4n) is 2.52. The number of benzene rings is 2. The van der Waals surface area contributed by atoms with Crippen molar-refractivity contribution in [1.82, 2.24) is 0 Å². The summed E-state index contributed by atoms with van der Waals surface area (Å²) < 4.78 is 21.9. The topological polar surface area (TPSA) is 57.9 Å². The van der Waals surface area contributed by atoms with E-state index in [2.05, 4.69) is 0 Å². The van der Waals surface area contributed by atoms with Crippen LogP contribution in [0.4, 0.5) is 0 Å². The van der Waals surface area contributed by atoms with Crippen LogP contribution in [0.25, 0.3) is 22.3 Å². The molecule has 2 aromatic carbocycles. The Bertz CT molecular complexity index is 926. The first-order valence-electron chi connectivity index (χ1n) is 6.77. The third-order valence-electron chi connectivity index (χ3n) is 3.58. The molecule has 22 heavy (non-hydrogen) atoms. The summed E-state index contributed by atoms with van der Waals surface area (Å²) in [6.45, 7) is 0.150. The second-order valence-electron chi connectivity index (χ2n) is 4.88. The van der Waals surface area contributed by atoms with E-state index in [1.54, 1.807) is 31.4 Å². The standard InChI is InChI=1S/C17H12O5/c1-19-15-6-10(7-16-17(15)21-9-20-16)14-8-12(18)11-4-2-3-5-13(11)22-14/h2-8H,9H2,1H3. The van der Waals surface area contributed by atoms with Gasteiger partial charge in [-0.15, -0.1) is 0 Å². The quantitative estimate of drug-likeness (QED) is 0.727. The van der Waals surface area contributed by atoms with Crippen molar-refractivity contribution in [1.29, 1.82) is 0 Å². The molecular weight excluding hydrogens is 284 g/mol. The Labute approximate surface area is 125 Å². The Morgan fingerprint density at radius 2 is 1.95 bits per heavy atom. The lowest BCUT2D eigenvalue weighted by Gasteiger charge is -2.08. The third-order valence-corrected chi connectivity index (χ3v) is 3.58. The highest BCUT2D eigenvalue weighted by Gasteiger charge is 2.21. The largest absolute Gasteiger partial charge is 0.493 e. The third kappa shape index (κ3) is 1.90. The molecular formula is C17H12O5. The first kappa shape index (κ1) is 12.8. The molecule has 3 aromatic rings. The molecule has 0 radical (unpaired) electrons. The fourth-order valence-corrected chi connectivity index (χ4v) is 2.52. The molecule has 110 valence electrons. The number of ether oxygens (including phenoxy) is 3. The molecule has 0 N–H and O–H groups in total. The highest BCUT2D eigenvalue weighted by atomic mass is 16.7. The van der Waals surface area contributed by atoms with Gasteiger partial charge in [0, 0.05) is 11.6 Å². The summed E-state index contributed by atoms with van der Waals surface area (Å²) in [7, 11) is 1.55. The van der Waals surface area contributed by atoms with Gasteiger partial charge in [0.05, 0.1) is 12.5 Å². The molecule has 0 saturated carbocycles. The molecule has 0 atom stereocenters. The van der Waals surface area contributed by atoms with Crippen LogP contribution >= 0.6 is 0 Å². The highest BCUT2D eigenvalue weighted by molar-refractivity contribution is 5.79. The first-order chi connectivity index (χ1) is 10.8. The van der Waals surface area contributed by atoms with E-state index in [4.69, 9.17) is 18.6 Å². The molecule has 0 amide bonds. The maximum Gasteiger partial charge on any atom is 0.231 e. The van der Waals surface area contributed by atoms with E-state index >= 15 is 0 Å². The zero-order chi connectivity index (χ0) is 15.1. The maximum atomic E-state index is 12.2. The minimum Gasteiger partial charge on any atom is -0.493 e. The van der Waals surface area contributed by atoms with Crippen LogP contribution in [0.2, 0.25) is 0 Å². The van der Waals surface area contributed by atoms with Gasteiger partial charge in [-0.2, -0.15) is 0 Å². The van der Waals surface area contributed by atoms with Crippen molar-refractivity contribution in [2.75, 3.05) is 13.9 Å². The average molecular weight is 296 g/mol.